The maximum Gasteiger partial charge on any atom is 0.214 e. The molecule has 2 rings (SSSR count). The molecule has 6 heteroatoms. The summed E-state index contributed by atoms with van der Waals surface area (Å²) in [5, 5.41) is -0.420. The average molecular weight is 362 g/mol. The Balaban J connectivity index is 2.02. The van der Waals surface area contributed by atoms with E-state index in [1.54, 1.807) is 13.8 Å². The Morgan fingerprint density at radius 1 is 1.25 bits per heavy atom. The number of rotatable bonds is 5. The molecule has 0 spiro atoms. The molecule has 1 aliphatic rings. The van der Waals surface area contributed by atoms with Gasteiger partial charge in [-0.05, 0) is 57.4 Å². The van der Waals surface area contributed by atoms with Crippen molar-refractivity contribution in [3.63, 3.8) is 0 Å². The van der Waals surface area contributed by atoms with Gasteiger partial charge in [0.15, 0.2) is 0 Å². The molecule has 0 saturated heterocycles. The fourth-order valence-electron chi connectivity index (χ4n) is 2.24. The van der Waals surface area contributed by atoms with Gasteiger partial charge in [0.05, 0.1) is 11.3 Å². The first-order valence-electron chi connectivity index (χ1n) is 6.82. The molecule has 1 N–H and O–H groups in total. The number of halogens is 1. The summed E-state index contributed by atoms with van der Waals surface area (Å²) >= 11 is 3.38. The van der Waals surface area contributed by atoms with Gasteiger partial charge in [-0.1, -0.05) is 15.9 Å². The monoisotopic (exact) mass is 361 g/mol. The van der Waals surface area contributed by atoms with Crippen LogP contribution in [0, 0.1) is 0 Å². The average Bonchev–Trinajstić information content (AvgIpc) is 2.79. The van der Waals surface area contributed by atoms with Gasteiger partial charge in [-0.3, -0.25) is 0 Å². The highest BCUT2D eigenvalue weighted by atomic mass is 79.9. The second-order valence-electron chi connectivity index (χ2n) is 5.36. The molecule has 0 aliphatic heterocycles. The lowest BCUT2D eigenvalue weighted by molar-refractivity contribution is 0.185. The van der Waals surface area contributed by atoms with Crippen LogP contribution >= 0.6 is 15.9 Å². The minimum Gasteiger partial charge on any atom is -0.489 e. The largest absolute Gasteiger partial charge is 0.489 e. The lowest BCUT2D eigenvalue weighted by Crippen LogP contribution is -2.44. The van der Waals surface area contributed by atoms with Crippen molar-refractivity contribution >= 4 is 26.0 Å². The topological polar surface area (TPSA) is 55.4 Å². The number of benzene rings is 1. The van der Waals surface area contributed by atoms with Crippen LogP contribution in [0.15, 0.2) is 28.7 Å². The van der Waals surface area contributed by atoms with E-state index in [1.165, 1.54) is 0 Å². The van der Waals surface area contributed by atoms with Crippen LogP contribution in [0.3, 0.4) is 0 Å². The normalized spacial score (nSPS) is 23.2. The Bertz CT molecular complexity index is 542. The fourth-order valence-corrected chi connectivity index (χ4v) is 3.47. The molecule has 0 unspecified atom stereocenters. The van der Waals surface area contributed by atoms with Gasteiger partial charge < -0.3 is 4.74 Å². The molecule has 1 aliphatic carbocycles. The second-order valence-corrected chi connectivity index (χ2v) is 8.54. The van der Waals surface area contributed by atoms with E-state index in [2.05, 4.69) is 20.7 Å². The molecule has 1 saturated carbocycles. The molecule has 0 bridgehead atoms. The summed E-state index contributed by atoms with van der Waals surface area (Å²) in [4.78, 5) is 0. The van der Waals surface area contributed by atoms with Crippen molar-refractivity contribution in [2.45, 2.75) is 50.5 Å². The minimum atomic E-state index is -3.25. The van der Waals surface area contributed by atoms with E-state index in [9.17, 15) is 8.42 Å². The van der Waals surface area contributed by atoms with Crippen LogP contribution in [-0.2, 0) is 10.0 Å². The van der Waals surface area contributed by atoms with Crippen LogP contribution in [-0.4, -0.2) is 25.8 Å². The van der Waals surface area contributed by atoms with Gasteiger partial charge in [-0.15, -0.1) is 0 Å². The first-order valence-corrected chi connectivity index (χ1v) is 9.16. The second kappa shape index (κ2) is 6.45. The molecule has 4 nitrogen and oxygen atoms in total. The molecular formula is C14H20BrNO3S. The summed E-state index contributed by atoms with van der Waals surface area (Å²) in [6.45, 7) is 3.36. The molecule has 112 valence electrons. The molecule has 1 aromatic rings. The third-order valence-electron chi connectivity index (χ3n) is 3.49. The maximum absolute atomic E-state index is 12.0. The Morgan fingerprint density at radius 3 is 2.50 bits per heavy atom. The van der Waals surface area contributed by atoms with Gasteiger partial charge in [-0.2, -0.15) is 0 Å². The highest BCUT2D eigenvalue weighted by Gasteiger charge is 2.33. The van der Waals surface area contributed by atoms with E-state index in [4.69, 9.17) is 4.74 Å². The fraction of sp³-hybridized carbons (Fsp3) is 0.571. The van der Waals surface area contributed by atoms with Crippen LogP contribution in [0.25, 0.3) is 0 Å². The Hall–Kier alpha value is -0.590. The first-order chi connectivity index (χ1) is 9.38. The zero-order valence-electron chi connectivity index (χ0n) is 11.7. The highest BCUT2D eigenvalue weighted by Crippen LogP contribution is 2.26. The van der Waals surface area contributed by atoms with E-state index in [1.807, 2.05) is 24.3 Å². The van der Waals surface area contributed by atoms with Crippen molar-refractivity contribution < 1.29 is 13.2 Å². The van der Waals surface area contributed by atoms with Gasteiger partial charge >= 0.3 is 0 Å². The summed E-state index contributed by atoms with van der Waals surface area (Å²) in [6.07, 6.45) is 2.59. The molecule has 1 fully saturated rings. The van der Waals surface area contributed by atoms with Crippen molar-refractivity contribution in [3.05, 3.63) is 28.7 Å². The lowest BCUT2D eigenvalue weighted by atomic mass is 10.2. The Kier molecular flexibility index (Phi) is 5.09. The standard InChI is InChI=1S/C14H20BrNO3S/c1-10(2)20(17,18)16-13-4-3-5-14(13)19-12-8-6-11(15)7-9-12/h6-10,13-14,16H,3-5H2,1-2H3/t13-,14+/m1/s1. The van der Waals surface area contributed by atoms with Gasteiger partial charge in [0.25, 0.3) is 0 Å². The molecule has 0 heterocycles. The van der Waals surface area contributed by atoms with Crippen molar-refractivity contribution in [1.29, 1.82) is 0 Å². The van der Waals surface area contributed by atoms with Crippen LogP contribution in [0.2, 0.25) is 0 Å². The first kappa shape index (κ1) is 15.8. The van der Waals surface area contributed by atoms with Crippen LogP contribution in [0.1, 0.15) is 33.1 Å². The Morgan fingerprint density at radius 2 is 1.90 bits per heavy atom. The van der Waals surface area contributed by atoms with Crippen molar-refractivity contribution in [2.24, 2.45) is 0 Å². The van der Waals surface area contributed by atoms with Crippen molar-refractivity contribution in [2.75, 3.05) is 0 Å². The number of hydrogen-bond donors (Lipinski definition) is 1. The summed E-state index contributed by atoms with van der Waals surface area (Å²) in [7, 11) is -3.25. The van der Waals surface area contributed by atoms with E-state index in [0.29, 0.717) is 0 Å². The number of hydrogen-bond acceptors (Lipinski definition) is 3. The number of sulfonamides is 1. The van der Waals surface area contributed by atoms with E-state index in [0.717, 1.165) is 29.5 Å². The van der Waals surface area contributed by atoms with E-state index >= 15 is 0 Å². The van der Waals surface area contributed by atoms with E-state index in [-0.39, 0.29) is 12.1 Å². The molecule has 20 heavy (non-hydrogen) atoms. The molecule has 0 aromatic heterocycles. The predicted octanol–water partition coefficient (Wildman–Crippen LogP) is 3.08. The third kappa shape index (κ3) is 3.96. The van der Waals surface area contributed by atoms with Gasteiger partial charge in [0.2, 0.25) is 10.0 Å². The molecule has 2 atom stereocenters. The third-order valence-corrected chi connectivity index (χ3v) is 5.89. The summed E-state index contributed by atoms with van der Waals surface area (Å²) in [6, 6.07) is 7.47. The van der Waals surface area contributed by atoms with Crippen LogP contribution in [0.5, 0.6) is 5.75 Å². The zero-order valence-corrected chi connectivity index (χ0v) is 14.1. The van der Waals surface area contributed by atoms with Crippen LogP contribution < -0.4 is 9.46 Å². The zero-order chi connectivity index (χ0) is 14.8. The SMILES string of the molecule is CC(C)S(=O)(=O)N[C@@H]1CCC[C@@H]1Oc1ccc(Br)cc1. The molecular weight excluding hydrogens is 342 g/mol. The summed E-state index contributed by atoms with van der Waals surface area (Å²) in [5.74, 6) is 0.772. The minimum absolute atomic E-state index is 0.0929. The van der Waals surface area contributed by atoms with Gasteiger partial charge in [-0.25, -0.2) is 13.1 Å². The summed E-state index contributed by atoms with van der Waals surface area (Å²) in [5.41, 5.74) is 0. The Labute approximate surface area is 129 Å². The summed E-state index contributed by atoms with van der Waals surface area (Å²) < 4.78 is 33.6. The van der Waals surface area contributed by atoms with Gasteiger partial charge in [0.1, 0.15) is 11.9 Å². The lowest BCUT2D eigenvalue weighted by Gasteiger charge is -2.23. The highest BCUT2D eigenvalue weighted by molar-refractivity contribution is 9.10. The molecule has 1 aromatic carbocycles. The van der Waals surface area contributed by atoms with Crippen molar-refractivity contribution in [3.8, 4) is 5.75 Å². The van der Waals surface area contributed by atoms with E-state index < -0.39 is 15.3 Å². The maximum atomic E-state index is 12.0. The predicted molar refractivity (Wildman–Crippen MR) is 83.4 cm³/mol. The number of ether oxygens (including phenoxy) is 1. The van der Waals surface area contributed by atoms with Gasteiger partial charge in [0, 0.05) is 4.47 Å². The molecule has 0 radical (unpaired) electrons. The quantitative estimate of drug-likeness (QED) is 0.876. The smallest absolute Gasteiger partial charge is 0.214 e. The van der Waals surface area contributed by atoms with Crippen molar-refractivity contribution in [1.82, 2.24) is 4.72 Å². The van der Waals surface area contributed by atoms with Crippen LogP contribution in [0.4, 0.5) is 0 Å². The number of nitrogens with one attached hydrogen (secondary N) is 1. The molecule has 0 amide bonds.